The van der Waals surface area contributed by atoms with Crippen LogP contribution in [0.2, 0.25) is 0 Å². The van der Waals surface area contributed by atoms with Crippen molar-refractivity contribution in [1.82, 2.24) is 39.0 Å². The highest BCUT2D eigenvalue weighted by atomic mass is 19.4. The number of halogens is 3. The van der Waals surface area contributed by atoms with E-state index in [-0.39, 0.29) is 16.7 Å². The first-order valence-electron chi connectivity index (χ1n) is 21.6. The number of hydrogen-bond donors (Lipinski definition) is 0. The number of aromatic nitrogens is 8. The molecule has 0 fully saturated rings. The van der Waals surface area contributed by atoms with Gasteiger partial charge in [0.1, 0.15) is 23.3 Å². The van der Waals surface area contributed by atoms with Crippen LogP contribution >= 0.6 is 0 Å². The van der Waals surface area contributed by atoms with E-state index in [0.717, 1.165) is 60.8 Å². The second kappa shape index (κ2) is 15.8. The lowest BCUT2D eigenvalue weighted by atomic mass is 9.92. The molecule has 4 aromatic heterocycles. The Bertz CT molecular complexity index is 3960. The zero-order chi connectivity index (χ0) is 47.0. The van der Waals surface area contributed by atoms with Gasteiger partial charge in [-0.1, -0.05) is 48.5 Å². The summed E-state index contributed by atoms with van der Waals surface area (Å²) in [7, 11) is 0. The summed E-state index contributed by atoms with van der Waals surface area (Å²) in [6, 6.07) is 46.6. The number of aryl methyl sites for hydroxylation is 4. The van der Waals surface area contributed by atoms with E-state index in [1.165, 1.54) is 12.1 Å². The van der Waals surface area contributed by atoms with Crippen LogP contribution in [0.5, 0.6) is 0 Å². The van der Waals surface area contributed by atoms with Crippen molar-refractivity contribution in [2.45, 2.75) is 33.9 Å². The van der Waals surface area contributed by atoms with E-state index < -0.39 is 11.7 Å². The minimum Gasteiger partial charge on any atom is -0.309 e. The number of benzene rings is 7. The summed E-state index contributed by atoms with van der Waals surface area (Å²) in [6.45, 7) is 7.32. The van der Waals surface area contributed by atoms with Gasteiger partial charge in [-0.2, -0.15) is 23.7 Å². The van der Waals surface area contributed by atoms with Crippen LogP contribution in [0, 0.1) is 50.4 Å². The topological polar surface area (TPSA) is 135 Å². The summed E-state index contributed by atoms with van der Waals surface area (Å²) in [5.74, 6) is 3.50. The monoisotopic (exact) mass is 892 g/mol. The summed E-state index contributed by atoms with van der Waals surface area (Å²) in [6.07, 6.45) is -4.77. The Kier molecular flexibility index (Phi) is 9.69. The maximum Gasteiger partial charge on any atom is 0.417 e. The zero-order valence-electron chi connectivity index (χ0n) is 36.9. The summed E-state index contributed by atoms with van der Waals surface area (Å²) in [5.41, 5.74) is 6.97. The number of alkyl halides is 3. The number of rotatable bonds is 6. The first-order valence-corrected chi connectivity index (χ1v) is 21.6. The fourth-order valence-electron chi connectivity index (χ4n) is 9.46. The fraction of sp³-hybridized carbons (Fsp3) is 0.0909. The standard InChI is InChI=1S/C55H35F3N10/c1-30-61-31(2)64-53(63-30)37-16-21-50-43(26-37)40-9-5-7-11-47(40)67(50)49-19-14-34(28-59)23-42(49)45-25-36(39-18-13-35(29-60)24-46(39)55(56,57)58)15-20-52(45)68-48-12-8-6-10-41(48)44-27-38(17-22-51(44)68)54-65-32(3)62-33(4)66-54/h5-27H,1-4H3. The van der Waals surface area contributed by atoms with Crippen LogP contribution in [0.3, 0.4) is 0 Å². The van der Waals surface area contributed by atoms with Crippen molar-refractivity contribution in [1.29, 1.82) is 10.5 Å². The van der Waals surface area contributed by atoms with E-state index >= 15 is 0 Å². The molecule has 13 heteroatoms. The number of para-hydroxylation sites is 2. The van der Waals surface area contributed by atoms with Crippen molar-refractivity contribution in [3.63, 3.8) is 0 Å². The molecule has 326 valence electrons. The van der Waals surface area contributed by atoms with Crippen molar-refractivity contribution >= 4 is 43.6 Å². The van der Waals surface area contributed by atoms with Gasteiger partial charge in [-0.05, 0) is 130 Å². The van der Waals surface area contributed by atoms with Gasteiger partial charge in [-0.15, -0.1) is 0 Å². The van der Waals surface area contributed by atoms with E-state index in [2.05, 4.69) is 57.2 Å². The van der Waals surface area contributed by atoms with Crippen molar-refractivity contribution in [2.24, 2.45) is 0 Å². The SMILES string of the molecule is Cc1nc(C)nc(-c2ccc3c(c2)c2ccccc2n3-c2ccc(C#N)cc2-c2cc(-c3ccc(C#N)cc3C(F)(F)F)ccc2-n2c3ccccc3c3cc(-c4nc(C)nc(C)n4)ccc32)n1. The summed E-state index contributed by atoms with van der Waals surface area (Å²) in [5, 5.41) is 23.9. The van der Waals surface area contributed by atoms with Crippen LogP contribution in [-0.2, 0) is 6.18 Å². The molecule has 4 heterocycles. The minimum atomic E-state index is -4.77. The predicted octanol–water partition coefficient (Wildman–Crippen LogP) is 12.9. The highest BCUT2D eigenvalue weighted by Gasteiger charge is 2.34. The van der Waals surface area contributed by atoms with Crippen molar-refractivity contribution < 1.29 is 13.2 Å². The van der Waals surface area contributed by atoms with Gasteiger partial charge in [-0.25, -0.2) is 29.9 Å². The molecule has 0 aliphatic rings. The zero-order valence-corrected chi connectivity index (χ0v) is 36.9. The predicted molar refractivity (Wildman–Crippen MR) is 257 cm³/mol. The van der Waals surface area contributed by atoms with E-state index in [9.17, 15) is 23.7 Å². The van der Waals surface area contributed by atoms with Crippen molar-refractivity contribution in [2.75, 3.05) is 0 Å². The van der Waals surface area contributed by atoms with Crippen LogP contribution in [0.1, 0.15) is 40.0 Å². The van der Waals surface area contributed by atoms with Crippen molar-refractivity contribution in [3.8, 4) is 68.5 Å². The molecule has 0 radical (unpaired) electrons. The first kappa shape index (κ1) is 41.6. The van der Waals surface area contributed by atoms with E-state index in [1.54, 1.807) is 24.3 Å². The lowest BCUT2D eigenvalue weighted by Gasteiger charge is -2.21. The Morgan fingerprint density at radius 1 is 0.412 bits per heavy atom. The molecule has 0 atom stereocenters. The molecule has 0 spiro atoms. The van der Waals surface area contributed by atoms with Crippen LogP contribution in [-0.4, -0.2) is 39.0 Å². The average molecular weight is 893 g/mol. The van der Waals surface area contributed by atoms with Crippen LogP contribution in [0.15, 0.2) is 140 Å². The van der Waals surface area contributed by atoms with Gasteiger partial charge in [0.25, 0.3) is 0 Å². The van der Waals surface area contributed by atoms with E-state index in [0.29, 0.717) is 63.0 Å². The number of nitriles is 2. The highest BCUT2D eigenvalue weighted by molar-refractivity contribution is 6.12. The maximum absolute atomic E-state index is 15.0. The summed E-state index contributed by atoms with van der Waals surface area (Å²) < 4.78 is 49.2. The molecule has 11 rings (SSSR count). The van der Waals surface area contributed by atoms with E-state index in [1.807, 2.05) is 119 Å². The minimum absolute atomic E-state index is 0.0923. The van der Waals surface area contributed by atoms with Gasteiger partial charge in [0, 0.05) is 43.8 Å². The van der Waals surface area contributed by atoms with Gasteiger partial charge in [0.15, 0.2) is 11.6 Å². The normalized spacial score (nSPS) is 11.7. The van der Waals surface area contributed by atoms with Gasteiger partial charge in [0.2, 0.25) is 0 Å². The molecule has 0 N–H and O–H groups in total. The summed E-state index contributed by atoms with van der Waals surface area (Å²) in [4.78, 5) is 27.3. The molecule has 10 nitrogen and oxygen atoms in total. The number of fused-ring (bicyclic) bond motifs is 6. The molecule has 11 aromatic rings. The molecule has 68 heavy (non-hydrogen) atoms. The Hall–Kier alpha value is -9.07. The van der Waals surface area contributed by atoms with Gasteiger partial charge in [0.05, 0.1) is 62.3 Å². The lowest BCUT2D eigenvalue weighted by Crippen LogP contribution is -2.08. The number of nitrogens with zero attached hydrogens (tertiary/aromatic N) is 10. The molecule has 0 aliphatic carbocycles. The molecule has 0 amide bonds. The second-order valence-corrected chi connectivity index (χ2v) is 16.6. The molecule has 0 saturated carbocycles. The molecule has 0 saturated heterocycles. The van der Waals surface area contributed by atoms with Crippen LogP contribution in [0.4, 0.5) is 13.2 Å². The molecule has 0 aliphatic heterocycles. The fourth-order valence-corrected chi connectivity index (χ4v) is 9.46. The third kappa shape index (κ3) is 6.96. The van der Waals surface area contributed by atoms with Crippen molar-refractivity contribution in [3.05, 3.63) is 180 Å². The largest absolute Gasteiger partial charge is 0.417 e. The lowest BCUT2D eigenvalue weighted by molar-refractivity contribution is -0.137. The van der Waals surface area contributed by atoms with Crippen LogP contribution in [0.25, 0.3) is 100 Å². The Labute approximate surface area is 386 Å². The third-order valence-corrected chi connectivity index (χ3v) is 12.2. The second-order valence-electron chi connectivity index (χ2n) is 16.6. The van der Waals surface area contributed by atoms with Gasteiger partial charge in [-0.3, -0.25) is 0 Å². The molecule has 7 aromatic carbocycles. The Morgan fingerprint density at radius 3 is 1.34 bits per heavy atom. The van der Waals surface area contributed by atoms with Crippen LogP contribution < -0.4 is 0 Å². The highest BCUT2D eigenvalue weighted by Crippen LogP contribution is 2.45. The first-order chi connectivity index (χ1) is 32.9. The quantitative estimate of drug-likeness (QED) is 0.161. The summed E-state index contributed by atoms with van der Waals surface area (Å²) >= 11 is 0. The Balaban J connectivity index is 1.23. The molecule has 0 unspecified atom stereocenters. The Morgan fingerprint density at radius 2 is 0.838 bits per heavy atom. The smallest absolute Gasteiger partial charge is 0.309 e. The molecular weight excluding hydrogens is 858 g/mol. The average Bonchev–Trinajstić information content (AvgIpc) is 3.84. The molecule has 0 bridgehead atoms. The molecular formula is C55H35F3N10. The maximum atomic E-state index is 15.0. The number of hydrogen-bond acceptors (Lipinski definition) is 8. The van der Waals surface area contributed by atoms with E-state index in [4.69, 9.17) is 0 Å². The van der Waals surface area contributed by atoms with Gasteiger partial charge >= 0.3 is 6.18 Å². The third-order valence-electron chi connectivity index (χ3n) is 12.2. The van der Waals surface area contributed by atoms with Gasteiger partial charge < -0.3 is 9.13 Å².